The molecule has 0 spiro atoms. The van der Waals surface area contributed by atoms with Gasteiger partial charge in [-0.05, 0) is 31.0 Å². The first kappa shape index (κ1) is 21.3. The summed E-state index contributed by atoms with van der Waals surface area (Å²) in [6, 6.07) is 6.93. The normalized spacial score (nSPS) is 13.9. The monoisotopic (exact) mass is 436 g/mol. The summed E-state index contributed by atoms with van der Waals surface area (Å²) in [5.41, 5.74) is 2.14. The van der Waals surface area contributed by atoms with Gasteiger partial charge in [0.05, 0.1) is 19.2 Å². The minimum absolute atomic E-state index is 0.00542. The lowest BCUT2D eigenvalue weighted by Crippen LogP contribution is -2.38. The summed E-state index contributed by atoms with van der Waals surface area (Å²) >= 11 is 1.02. The molecular weight excluding hydrogens is 412 g/mol. The van der Waals surface area contributed by atoms with Crippen molar-refractivity contribution in [3.05, 3.63) is 45.8 Å². The van der Waals surface area contributed by atoms with Gasteiger partial charge in [0.1, 0.15) is 0 Å². The summed E-state index contributed by atoms with van der Waals surface area (Å²) in [7, 11) is -2.77. The van der Waals surface area contributed by atoms with Crippen molar-refractivity contribution in [2.75, 3.05) is 18.4 Å². The van der Waals surface area contributed by atoms with Crippen LogP contribution in [0.4, 0.5) is 5.69 Å². The zero-order chi connectivity index (χ0) is 21.3. The molecule has 0 saturated carbocycles. The van der Waals surface area contributed by atoms with Crippen molar-refractivity contribution in [1.29, 1.82) is 0 Å². The Morgan fingerprint density at radius 3 is 2.45 bits per heavy atom. The highest BCUT2D eigenvalue weighted by Gasteiger charge is 2.35. The van der Waals surface area contributed by atoms with E-state index >= 15 is 0 Å². The van der Waals surface area contributed by atoms with Gasteiger partial charge < -0.3 is 9.64 Å². The number of amides is 1. The van der Waals surface area contributed by atoms with Crippen LogP contribution in [0.1, 0.15) is 40.2 Å². The third-order valence-electron chi connectivity index (χ3n) is 4.77. The van der Waals surface area contributed by atoms with Crippen LogP contribution in [-0.2, 0) is 32.5 Å². The highest BCUT2D eigenvalue weighted by Crippen LogP contribution is 2.37. The number of nitrogens with one attached hydrogen (secondary N) is 1. The Balaban J connectivity index is 2.01. The maximum Gasteiger partial charge on any atom is 0.340 e. The van der Waals surface area contributed by atoms with Gasteiger partial charge in [0.25, 0.3) is 10.0 Å². The quantitative estimate of drug-likeness (QED) is 0.727. The van der Waals surface area contributed by atoms with Crippen LogP contribution in [0.5, 0.6) is 0 Å². The highest BCUT2D eigenvalue weighted by molar-refractivity contribution is 7.94. The molecule has 1 amide bonds. The fourth-order valence-corrected chi connectivity index (χ4v) is 6.21. The van der Waals surface area contributed by atoms with E-state index in [1.165, 1.54) is 7.11 Å². The molecule has 1 aliphatic heterocycles. The number of anilines is 1. The Morgan fingerprint density at radius 1 is 1.21 bits per heavy atom. The molecule has 0 unspecified atom stereocenters. The molecule has 1 aromatic heterocycles. The maximum atomic E-state index is 13.1. The van der Waals surface area contributed by atoms with Crippen LogP contribution >= 0.6 is 11.3 Å². The Labute approximate surface area is 174 Å². The molecule has 1 N–H and O–H groups in total. The molecular formula is C20H24N2O5S2. The van der Waals surface area contributed by atoms with E-state index in [0.717, 1.165) is 16.9 Å². The predicted molar refractivity (Wildman–Crippen MR) is 112 cm³/mol. The summed E-state index contributed by atoms with van der Waals surface area (Å²) in [5, 5.41) is 0. The van der Waals surface area contributed by atoms with E-state index in [-0.39, 0.29) is 21.6 Å². The smallest absolute Gasteiger partial charge is 0.340 e. The summed E-state index contributed by atoms with van der Waals surface area (Å²) in [6.07, 6.45) is 0.411. The van der Waals surface area contributed by atoms with Gasteiger partial charge in [-0.25, -0.2) is 13.2 Å². The van der Waals surface area contributed by atoms with Gasteiger partial charge in [-0.3, -0.25) is 9.52 Å². The molecule has 2 heterocycles. The zero-order valence-electron chi connectivity index (χ0n) is 16.8. The van der Waals surface area contributed by atoms with Gasteiger partial charge >= 0.3 is 5.97 Å². The second-order valence-electron chi connectivity index (χ2n) is 7.29. The lowest BCUT2D eigenvalue weighted by atomic mass is 10.0. The van der Waals surface area contributed by atoms with Crippen LogP contribution in [0.15, 0.2) is 28.5 Å². The second kappa shape index (κ2) is 8.16. The average Bonchev–Trinajstić information content (AvgIpc) is 3.08. The number of nitrogens with zero attached hydrogens (tertiary/aromatic N) is 1. The van der Waals surface area contributed by atoms with Crippen molar-refractivity contribution in [2.45, 2.75) is 37.9 Å². The van der Waals surface area contributed by atoms with Gasteiger partial charge in [0.15, 0.2) is 4.21 Å². The van der Waals surface area contributed by atoms with Crippen molar-refractivity contribution in [1.82, 2.24) is 4.90 Å². The van der Waals surface area contributed by atoms with Crippen molar-refractivity contribution in [2.24, 2.45) is 5.92 Å². The lowest BCUT2D eigenvalue weighted by molar-refractivity contribution is -0.135. The van der Waals surface area contributed by atoms with Crippen LogP contribution in [-0.4, -0.2) is 38.8 Å². The number of ether oxygens (including phenoxy) is 1. The summed E-state index contributed by atoms with van der Waals surface area (Å²) in [5.74, 6) is -0.829. The Kier molecular flexibility index (Phi) is 6.00. The predicted octanol–water partition coefficient (Wildman–Crippen LogP) is 3.18. The minimum atomic E-state index is -4.00. The Morgan fingerprint density at radius 2 is 1.86 bits per heavy atom. The number of carbonyl (C=O) groups is 2. The molecule has 3 rings (SSSR count). The van der Waals surface area contributed by atoms with Crippen LogP contribution < -0.4 is 4.72 Å². The highest BCUT2D eigenvalue weighted by atomic mass is 32.2. The molecule has 0 atom stereocenters. The van der Waals surface area contributed by atoms with Crippen LogP contribution in [0, 0.1) is 12.8 Å². The number of sulfonamides is 1. The van der Waals surface area contributed by atoms with Crippen molar-refractivity contribution >= 4 is 38.9 Å². The number of hydrogen-bond acceptors (Lipinski definition) is 6. The molecule has 156 valence electrons. The second-order valence-corrected chi connectivity index (χ2v) is 10.3. The molecule has 1 aliphatic rings. The SMILES string of the molecule is COC(=O)c1c(S(=O)(=O)Nc2ccc(C)cc2)sc2c1CCN(C(=O)C(C)C)C2. The van der Waals surface area contributed by atoms with Gasteiger partial charge in [-0.2, -0.15) is 0 Å². The first-order chi connectivity index (χ1) is 13.6. The van der Waals surface area contributed by atoms with E-state index in [9.17, 15) is 18.0 Å². The number of rotatable bonds is 5. The third-order valence-corrected chi connectivity index (χ3v) is 7.88. The zero-order valence-corrected chi connectivity index (χ0v) is 18.4. The first-order valence-electron chi connectivity index (χ1n) is 9.25. The Bertz CT molecular complexity index is 1040. The molecule has 0 aliphatic carbocycles. The molecule has 7 nitrogen and oxygen atoms in total. The summed E-state index contributed by atoms with van der Waals surface area (Å²) in [4.78, 5) is 27.2. The fourth-order valence-electron chi connectivity index (χ4n) is 3.25. The van der Waals surface area contributed by atoms with Crippen molar-refractivity contribution in [3.63, 3.8) is 0 Å². The number of aryl methyl sites for hydroxylation is 1. The number of fused-ring (bicyclic) bond motifs is 1. The van der Waals surface area contributed by atoms with Crippen molar-refractivity contribution < 1.29 is 22.7 Å². The Hall–Kier alpha value is -2.39. The number of hydrogen-bond donors (Lipinski definition) is 1. The summed E-state index contributed by atoms with van der Waals surface area (Å²) < 4.78 is 33.5. The average molecular weight is 437 g/mol. The lowest BCUT2D eigenvalue weighted by Gasteiger charge is -2.28. The molecule has 0 fully saturated rings. The van der Waals surface area contributed by atoms with Crippen molar-refractivity contribution in [3.8, 4) is 0 Å². The van der Waals surface area contributed by atoms with E-state index in [4.69, 9.17) is 4.74 Å². The summed E-state index contributed by atoms with van der Waals surface area (Å²) in [6.45, 7) is 6.29. The number of thiophene rings is 1. The minimum Gasteiger partial charge on any atom is -0.465 e. The molecule has 0 radical (unpaired) electrons. The van der Waals surface area contributed by atoms with Gasteiger partial charge in [-0.1, -0.05) is 31.5 Å². The van der Waals surface area contributed by atoms with Crippen LogP contribution in [0.3, 0.4) is 0 Å². The van der Waals surface area contributed by atoms with Gasteiger partial charge in [0.2, 0.25) is 5.91 Å². The standard InChI is InChI=1S/C20H24N2O5S2/c1-12(2)18(23)22-10-9-15-16(11-22)28-20(17(15)19(24)27-4)29(25,26)21-14-7-5-13(3)6-8-14/h5-8,12,21H,9-11H2,1-4H3. The molecule has 29 heavy (non-hydrogen) atoms. The number of methoxy groups -OCH3 is 1. The topological polar surface area (TPSA) is 92.8 Å². The van der Waals surface area contributed by atoms with E-state index < -0.39 is 16.0 Å². The molecule has 0 bridgehead atoms. The van der Waals surface area contributed by atoms with Gasteiger partial charge in [0, 0.05) is 23.0 Å². The number of benzene rings is 1. The largest absolute Gasteiger partial charge is 0.465 e. The fraction of sp³-hybridized carbons (Fsp3) is 0.400. The van der Waals surface area contributed by atoms with E-state index in [0.29, 0.717) is 35.6 Å². The number of carbonyl (C=O) groups excluding carboxylic acids is 2. The maximum absolute atomic E-state index is 13.1. The first-order valence-corrected chi connectivity index (χ1v) is 11.5. The molecule has 2 aromatic rings. The van der Waals surface area contributed by atoms with Gasteiger partial charge in [-0.15, -0.1) is 11.3 Å². The molecule has 9 heteroatoms. The molecule has 1 aromatic carbocycles. The van der Waals surface area contributed by atoms with E-state index in [1.807, 2.05) is 20.8 Å². The van der Waals surface area contributed by atoms with E-state index in [2.05, 4.69) is 4.72 Å². The van der Waals surface area contributed by atoms with Crippen LogP contribution in [0.25, 0.3) is 0 Å². The van der Waals surface area contributed by atoms with E-state index in [1.54, 1.807) is 29.2 Å². The third kappa shape index (κ3) is 4.30. The molecule has 0 saturated heterocycles. The number of esters is 1. The van der Waals surface area contributed by atoms with Crippen LogP contribution in [0.2, 0.25) is 0 Å².